The second-order valence-corrected chi connectivity index (χ2v) is 2.40. The van der Waals surface area contributed by atoms with Gasteiger partial charge in [-0.1, -0.05) is 6.07 Å². The molecule has 0 amide bonds. The van der Waals surface area contributed by atoms with E-state index in [2.05, 4.69) is 9.47 Å². The van der Waals surface area contributed by atoms with Gasteiger partial charge in [0.1, 0.15) is 5.69 Å². The summed E-state index contributed by atoms with van der Waals surface area (Å²) in [6.45, 7) is 0. The average molecular weight is 213 g/mol. The van der Waals surface area contributed by atoms with Crippen LogP contribution in [0.25, 0.3) is 0 Å². The monoisotopic (exact) mass is 213 g/mol. The van der Waals surface area contributed by atoms with Crippen molar-refractivity contribution in [2.24, 2.45) is 0 Å². The molecule has 0 bridgehead atoms. The molecule has 0 atom stereocenters. The van der Waals surface area contributed by atoms with Crippen LogP contribution in [0.1, 0.15) is 0 Å². The van der Waals surface area contributed by atoms with Crippen LogP contribution in [0, 0.1) is 0 Å². The van der Waals surface area contributed by atoms with Gasteiger partial charge >= 0.3 is 12.3 Å². The summed E-state index contributed by atoms with van der Waals surface area (Å²) in [4.78, 5) is 20.4. The Morgan fingerprint density at radius 1 is 1.07 bits per heavy atom. The van der Waals surface area contributed by atoms with Crippen LogP contribution in [0.15, 0.2) is 18.2 Å². The van der Waals surface area contributed by atoms with Crippen LogP contribution in [0.2, 0.25) is 0 Å². The predicted octanol–water partition coefficient (Wildman–Crippen LogP) is 1.38. The standard InChI is InChI=1S/C8H7NO6/c9-6-4(14-7(10)11)2-1-3-5(6)15-8(12)13/h1-3H,9H2,(H,10,11)(H,12,13). The lowest BCUT2D eigenvalue weighted by atomic mass is 10.3. The van der Waals surface area contributed by atoms with Gasteiger partial charge in [-0.3, -0.25) is 0 Å². The highest BCUT2D eigenvalue weighted by atomic mass is 16.7. The summed E-state index contributed by atoms with van der Waals surface area (Å²) in [5.74, 6) is -0.359. The van der Waals surface area contributed by atoms with Crippen LogP contribution in [-0.4, -0.2) is 22.5 Å². The van der Waals surface area contributed by atoms with Gasteiger partial charge in [0.05, 0.1) is 0 Å². The average Bonchev–Trinajstić information content (AvgIpc) is 2.10. The molecule has 1 aromatic rings. The molecule has 0 aliphatic heterocycles. The summed E-state index contributed by atoms with van der Waals surface area (Å²) < 4.78 is 8.57. The molecule has 0 unspecified atom stereocenters. The number of carboxylic acid groups (broad SMARTS) is 2. The maximum atomic E-state index is 10.2. The highest BCUT2D eigenvalue weighted by Crippen LogP contribution is 2.31. The molecule has 1 aromatic carbocycles. The molecular formula is C8H7NO6. The first-order valence-corrected chi connectivity index (χ1v) is 3.70. The van der Waals surface area contributed by atoms with Crippen molar-refractivity contribution in [3.63, 3.8) is 0 Å². The first-order valence-electron chi connectivity index (χ1n) is 3.70. The predicted molar refractivity (Wildman–Crippen MR) is 48.2 cm³/mol. The van der Waals surface area contributed by atoms with E-state index in [9.17, 15) is 9.59 Å². The Hall–Kier alpha value is -2.44. The van der Waals surface area contributed by atoms with Gasteiger partial charge in [-0.25, -0.2) is 9.59 Å². The van der Waals surface area contributed by atoms with Crippen LogP contribution < -0.4 is 15.2 Å². The number of rotatable bonds is 2. The summed E-state index contributed by atoms with van der Waals surface area (Å²) in [7, 11) is 0. The van der Waals surface area contributed by atoms with Gasteiger partial charge in [-0.2, -0.15) is 0 Å². The quantitative estimate of drug-likeness (QED) is 0.385. The van der Waals surface area contributed by atoms with Crippen LogP contribution in [0.4, 0.5) is 15.3 Å². The number of nitrogen functional groups attached to an aromatic ring is 1. The fraction of sp³-hybridized carbons (Fsp3) is 0. The second kappa shape index (κ2) is 4.18. The number of nitrogens with two attached hydrogens (primary N) is 1. The molecule has 0 saturated heterocycles. The van der Waals surface area contributed by atoms with Crippen molar-refractivity contribution in [1.82, 2.24) is 0 Å². The fourth-order valence-corrected chi connectivity index (χ4v) is 0.890. The van der Waals surface area contributed by atoms with Crippen LogP contribution >= 0.6 is 0 Å². The Morgan fingerprint density at radius 3 is 1.80 bits per heavy atom. The molecule has 80 valence electrons. The van der Waals surface area contributed by atoms with E-state index in [-0.39, 0.29) is 17.2 Å². The van der Waals surface area contributed by atoms with Crippen molar-refractivity contribution >= 4 is 18.0 Å². The third-order valence-corrected chi connectivity index (χ3v) is 1.42. The zero-order chi connectivity index (χ0) is 11.4. The van der Waals surface area contributed by atoms with Gasteiger partial charge < -0.3 is 25.4 Å². The van der Waals surface area contributed by atoms with Gasteiger partial charge in [-0.15, -0.1) is 0 Å². The topological polar surface area (TPSA) is 119 Å². The highest BCUT2D eigenvalue weighted by molar-refractivity contribution is 5.73. The summed E-state index contributed by atoms with van der Waals surface area (Å²) in [6, 6.07) is 3.91. The molecule has 15 heavy (non-hydrogen) atoms. The Labute approximate surface area is 83.6 Å². The van der Waals surface area contributed by atoms with E-state index in [1.807, 2.05) is 0 Å². The van der Waals surface area contributed by atoms with E-state index in [0.29, 0.717) is 0 Å². The second-order valence-electron chi connectivity index (χ2n) is 2.40. The van der Waals surface area contributed by atoms with Gasteiger partial charge in [0.25, 0.3) is 0 Å². The van der Waals surface area contributed by atoms with E-state index < -0.39 is 12.3 Å². The number of ether oxygens (including phenoxy) is 2. The van der Waals surface area contributed by atoms with Gasteiger partial charge in [0, 0.05) is 0 Å². The van der Waals surface area contributed by atoms with Crippen molar-refractivity contribution in [1.29, 1.82) is 0 Å². The minimum atomic E-state index is -1.55. The molecule has 0 heterocycles. The molecule has 7 nitrogen and oxygen atoms in total. The first kappa shape index (κ1) is 10.6. The molecule has 4 N–H and O–H groups in total. The molecule has 0 spiro atoms. The first-order chi connectivity index (χ1) is 7.00. The van der Waals surface area contributed by atoms with Crippen molar-refractivity contribution in [2.75, 3.05) is 5.73 Å². The molecule has 0 aliphatic carbocycles. The fourth-order valence-electron chi connectivity index (χ4n) is 0.890. The number of hydrogen-bond acceptors (Lipinski definition) is 5. The van der Waals surface area contributed by atoms with E-state index in [1.165, 1.54) is 18.2 Å². The lowest BCUT2D eigenvalue weighted by molar-refractivity contribution is 0.143. The number of hydrogen-bond donors (Lipinski definition) is 3. The number of anilines is 1. The molecule has 0 fully saturated rings. The summed E-state index contributed by atoms with van der Waals surface area (Å²) >= 11 is 0. The third kappa shape index (κ3) is 2.76. The Morgan fingerprint density at radius 2 is 1.47 bits per heavy atom. The maximum absolute atomic E-state index is 10.2. The third-order valence-electron chi connectivity index (χ3n) is 1.42. The zero-order valence-corrected chi connectivity index (χ0v) is 7.34. The number of benzene rings is 1. The number of para-hydroxylation sites is 1. The van der Waals surface area contributed by atoms with E-state index in [4.69, 9.17) is 15.9 Å². The lowest BCUT2D eigenvalue weighted by Crippen LogP contribution is -2.08. The molecule has 1 rings (SSSR count). The zero-order valence-electron chi connectivity index (χ0n) is 7.34. The van der Waals surface area contributed by atoms with Crippen LogP contribution in [0.5, 0.6) is 11.5 Å². The van der Waals surface area contributed by atoms with Crippen LogP contribution in [-0.2, 0) is 0 Å². The van der Waals surface area contributed by atoms with E-state index >= 15 is 0 Å². The van der Waals surface area contributed by atoms with E-state index in [0.717, 1.165) is 0 Å². The van der Waals surface area contributed by atoms with Crippen molar-refractivity contribution in [3.8, 4) is 11.5 Å². The SMILES string of the molecule is Nc1c(OC(=O)O)cccc1OC(=O)O. The molecule has 7 heteroatoms. The largest absolute Gasteiger partial charge is 0.511 e. The Balaban J connectivity index is 2.99. The normalized spacial score (nSPS) is 9.33. The van der Waals surface area contributed by atoms with Crippen molar-refractivity contribution < 1.29 is 29.3 Å². The Kier molecular flexibility index (Phi) is 2.97. The Bertz CT molecular complexity index is 368. The molecule has 0 aliphatic rings. The van der Waals surface area contributed by atoms with E-state index in [1.54, 1.807) is 0 Å². The van der Waals surface area contributed by atoms with Gasteiger partial charge in [-0.05, 0) is 12.1 Å². The van der Waals surface area contributed by atoms with Crippen LogP contribution in [0.3, 0.4) is 0 Å². The summed E-state index contributed by atoms with van der Waals surface area (Å²) in [5.41, 5.74) is 5.21. The molecule has 0 radical (unpaired) electrons. The molecule has 0 saturated carbocycles. The smallest absolute Gasteiger partial charge is 0.449 e. The lowest BCUT2D eigenvalue weighted by Gasteiger charge is -2.07. The summed E-state index contributed by atoms with van der Waals surface area (Å²) in [6.07, 6.45) is -3.09. The molecule has 0 aromatic heterocycles. The van der Waals surface area contributed by atoms with Gasteiger partial charge in [0.2, 0.25) is 0 Å². The molecular weight excluding hydrogens is 206 g/mol. The van der Waals surface area contributed by atoms with Crippen molar-refractivity contribution in [2.45, 2.75) is 0 Å². The minimum Gasteiger partial charge on any atom is -0.449 e. The highest BCUT2D eigenvalue weighted by Gasteiger charge is 2.12. The van der Waals surface area contributed by atoms with Crippen molar-refractivity contribution in [3.05, 3.63) is 18.2 Å². The van der Waals surface area contributed by atoms with Gasteiger partial charge in [0.15, 0.2) is 11.5 Å². The number of carbonyl (C=O) groups is 2. The summed E-state index contributed by atoms with van der Waals surface area (Å²) in [5, 5.41) is 16.7. The minimum absolute atomic E-state index is 0.179. The maximum Gasteiger partial charge on any atom is 0.511 e.